The third-order valence-electron chi connectivity index (χ3n) is 7.31. The lowest BCUT2D eigenvalue weighted by molar-refractivity contribution is 0.0627. The van der Waals surface area contributed by atoms with Crippen molar-refractivity contribution in [2.24, 2.45) is 0 Å². The minimum atomic E-state index is -0.355. The van der Waals surface area contributed by atoms with Crippen molar-refractivity contribution < 1.29 is 13.6 Å². The molecule has 3 aromatic carbocycles. The average molecular weight is 523 g/mol. The van der Waals surface area contributed by atoms with Crippen LogP contribution in [-0.4, -0.2) is 51.3 Å². The van der Waals surface area contributed by atoms with E-state index in [1.807, 2.05) is 11.0 Å². The first-order valence-corrected chi connectivity index (χ1v) is 13.1. The number of carbonyl (C=O) groups excluding carboxylic acids is 1. The summed E-state index contributed by atoms with van der Waals surface area (Å²) in [5.74, 6) is -0.723. The molecule has 1 amide bonds. The van der Waals surface area contributed by atoms with E-state index >= 15 is 0 Å². The first kappa shape index (κ1) is 24.9. The molecule has 1 aliphatic rings. The molecule has 0 saturated carbocycles. The molecule has 1 saturated heterocycles. The topological polar surface area (TPSA) is 40.9 Å². The van der Waals surface area contributed by atoms with Crippen molar-refractivity contribution in [3.05, 3.63) is 120 Å². The number of piperazine rings is 1. The van der Waals surface area contributed by atoms with Crippen LogP contribution in [0, 0.1) is 18.6 Å². The van der Waals surface area contributed by atoms with Crippen LogP contribution < -0.4 is 0 Å². The van der Waals surface area contributed by atoms with Crippen LogP contribution in [0.4, 0.5) is 8.78 Å². The molecular formula is C32H28F2N4O. The Labute approximate surface area is 226 Å². The van der Waals surface area contributed by atoms with E-state index in [9.17, 15) is 13.6 Å². The van der Waals surface area contributed by atoms with Crippen molar-refractivity contribution in [1.29, 1.82) is 0 Å². The van der Waals surface area contributed by atoms with Gasteiger partial charge in [0.25, 0.3) is 5.91 Å². The van der Waals surface area contributed by atoms with E-state index in [1.54, 1.807) is 12.1 Å². The van der Waals surface area contributed by atoms with Crippen LogP contribution >= 0.6 is 0 Å². The lowest BCUT2D eigenvalue weighted by Gasteiger charge is -2.34. The van der Waals surface area contributed by atoms with Crippen LogP contribution in [0.3, 0.4) is 0 Å². The second-order valence-electron chi connectivity index (χ2n) is 10.0. The van der Waals surface area contributed by atoms with E-state index in [0.29, 0.717) is 38.3 Å². The summed E-state index contributed by atoms with van der Waals surface area (Å²) in [6.07, 6.45) is 2.12. The van der Waals surface area contributed by atoms with Crippen LogP contribution in [-0.2, 0) is 6.54 Å². The smallest absolute Gasteiger partial charge is 0.253 e. The number of amides is 1. The van der Waals surface area contributed by atoms with Crippen LogP contribution in [0.1, 0.15) is 21.6 Å². The molecule has 0 radical (unpaired) electrons. The third-order valence-corrected chi connectivity index (χ3v) is 7.31. The summed E-state index contributed by atoms with van der Waals surface area (Å²) in [6.45, 7) is 5.25. The molecule has 1 aliphatic heterocycles. The lowest BCUT2D eigenvalue weighted by Crippen LogP contribution is -2.48. The van der Waals surface area contributed by atoms with Crippen molar-refractivity contribution in [1.82, 2.24) is 19.2 Å². The monoisotopic (exact) mass is 522 g/mol. The zero-order valence-corrected chi connectivity index (χ0v) is 21.6. The summed E-state index contributed by atoms with van der Waals surface area (Å²) in [6, 6.07) is 24.6. The molecule has 5 nitrogen and oxygen atoms in total. The highest BCUT2D eigenvalue weighted by molar-refractivity contribution is 5.94. The number of aromatic nitrogens is 2. The van der Waals surface area contributed by atoms with Gasteiger partial charge in [0.15, 0.2) is 0 Å². The molecule has 39 heavy (non-hydrogen) atoms. The fourth-order valence-corrected chi connectivity index (χ4v) is 5.17. The standard InChI is InChI=1S/C32H28F2N4O/c1-22-3-2-4-25(19-22)26-9-14-30-35-31(23-5-10-27(33)11-6-23)29(38(30)20-26)21-36-15-17-37(18-16-36)32(39)24-7-12-28(34)13-8-24/h2-14,19-20H,15-18,21H2,1H3. The van der Waals surface area contributed by atoms with Gasteiger partial charge in [0.2, 0.25) is 0 Å². The quantitative estimate of drug-likeness (QED) is 0.276. The van der Waals surface area contributed by atoms with Crippen molar-refractivity contribution in [3.8, 4) is 22.4 Å². The largest absolute Gasteiger partial charge is 0.336 e. The van der Waals surface area contributed by atoms with E-state index in [4.69, 9.17) is 4.98 Å². The summed E-state index contributed by atoms with van der Waals surface area (Å²) >= 11 is 0. The van der Waals surface area contributed by atoms with Crippen LogP contribution in [0.5, 0.6) is 0 Å². The Hall–Kier alpha value is -4.36. The van der Waals surface area contributed by atoms with Crippen LogP contribution in [0.15, 0.2) is 91.1 Å². The van der Waals surface area contributed by atoms with Gasteiger partial charge in [0.05, 0.1) is 11.4 Å². The van der Waals surface area contributed by atoms with E-state index in [1.165, 1.54) is 42.0 Å². The molecule has 1 fully saturated rings. The van der Waals surface area contributed by atoms with E-state index in [-0.39, 0.29) is 17.5 Å². The highest BCUT2D eigenvalue weighted by Crippen LogP contribution is 2.29. The number of benzene rings is 3. The van der Waals surface area contributed by atoms with Gasteiger partial charge >= 0.3 is 0 Å². The van der Waals surface area contributed by atoms with Crippen molar-refractivity contribution >= 4 is 11.6 Å². The number of pyridine rings is 1. The predicted octanol–water partition coefficient (Wildman–Crippen LogP) is 6.21. The number of hydrogen-bond donors (Lipinski definition) is 0. The molecule has 6 rings (SSSR count). The second-order valence-corrected chi connectivity index (χ2v) is 10.0. The normalized spacial score (nSPS) is 14.2. The number of carbonyl (C=O) groups is 1. The lowest BCUT2D eigenvalue weighted by atomic mass is 10.1. The van der Waals surface area contributed by atoms with E-state index < -0.39 is 0 Å². The number of imidazole rings is 1. The van der Waals surface area contributed by atoms with Crippen molar-refractivity contribution in [2.45, 2.75) is 13.5 Å². The second kappa shape index (κ2) is 10.4. The summed E-state index contributed by atoms with van der Waals surface area (Å²) in [7, 11) is 0. The number of nitrogens with zero attached hydrogens (tertiary/aromatic N) is 4. The van der Waals surface area contributed by atoms with Gasteiger partial charge in [0, 0.05) is 50.0 Å². The summed E-state index contributed by atoms with van der Waals surface area (Å²) in [5.41, 5.74) is 7.43. The summed E-state index contributed by atoms with van der Waals surface area (Å²) in [4.78, 5) is 22.0. The van der Waals surface area contributed by atoms with Gasteiger partial charge in [-0.1, -0.05) is 29.8 Å². The number of rotatable bonds is 5. The Morgan fingerprint density at radius 3 is 2.15 bits per heavy atom. The average Bonchev–Trinajstić information content (AvgIpc) is 3.31. The first-order valence-electron chi connectivity index (χ1n) is 13.1. The first-order chi connectivity index (χ1) is 18.9. The van der Waals surface area contributed by atoms with Crippen molar-refractivity contribution in [2.75, 3.05) is 26.2 Å². The number of fused-ring (bicyclic) bond motifs is 1. The van der Waals surface area contributed by atoms with Crippen LogP contribution in [0.2, 0.25) is 0 Å². The minimum absolute atomic E-state index is 0.0840. The zero-order valence-electron chi connectivity index (χ0n) is 21.6. The molecule has 196 valence electrons. The molecule has 0 aliphatic carbocycles. The van der Waals surface area contributed by atoms with Crippen molar-refractivity contribution in [3.63, 3.8) is 0 Å². The SMILES string of the molecule is Cc1cccc(-c2ccc3nc(-c4ccc(F)cc4)c(CN4CCN(C(=O)c5ccc(F)cc5)CC4)n3c2)c1. The maximum atomic E-state index is 13.7. The molecule has 2 aromatic heterocycles. The third kappa shape index (κ3) is 5.18. The van der Waals surface area contributed by atoms with Gasteiger partial charge in [0.1, 0.15) is 17.3 Å². The Balaban J connectivity index is 1.30. The maximum Gasteiger partial charge on any atom is 0.253 e. The van der Waals surface area contributed by atoms with Gasteiger partial charge in [-0.05, 0) is 78.7 Å². The zero-order chi connectivity index (χ0) is 26.9. The minimum Gasteiger partial charge on any atom is -0.336 e. The van der Waals surface area contributed by atoms with Gasteiger partial charge in [-0.25, -0.2) is 13.8 Å². The Kier molecular flexibility index (Phi) is 6.67. The molecule has 0 bridgehead atoms. The van der Waals surface area contributed by atoms with Gasteiger partial charge in [-0.3, -0.25) is 9.69 Å². The fourth-order valence-electron chi connectivity index (χ4n) is 5.17. The number of aryl methyl sites for hydroxylation is 1. The summed E-state index contributed by atoms with van der Waals surface area (Å²) < 4.78 is 29.1. The Bertz CT molecular complexity index is 1640. The number of hydrogen-bond acceptors (Lipinski definition) is 3. The molecule has 5 aromatic rings. The molecule has 7 heteroatoms. The van der Waals surface area contributed by atoms with E-state index in [0.717, 1.165) is 33.7 Å². The molecule has 0 N–H and O–H groups in total. The fraction of sp³-hybridized carbons (Fsp3) is 0.188. The molecule has 0 unspecified atom stereocenters. The Morgan fingerprint density at radius 2 is 1.46 bits per heavy atom. The van der Waals surface area contributed by atoms with Crippen LogP contribution in [0.25, 0.3) is 28.0 Å². The predicted molar refractivity (Wildman–Crippen MR) is 148 cm³/mol. The van der Waals surface area contributed by atoms with Gasteiger partial charge in [-0.15, -0.1) is 0 Å². The molecule has 0 spiro atoms. The summed E-state index contributed by atoms with van der Waals surface area (Å²) in [5, 5.41) is 0. The van der Waals surface area contributed by atoms with Gasteiger partial charge in [-0.2, -0.15) is 0 Å². The van der Waals surface area contributed by atoms with Gasteiger partial charge < -0.3 is 9.30 Å². The Morgan fingerprint density at radius 1 is 0.795 bits per heavy atom. The molecule has 3 heterocycles. The number of halogens is 2. The highest BCUT2D eigenvalue weighted by Gasteiger charge is 2.24. The molecule has 0 atom stereocenters. The van der Waals surface area contributed by atoms with E-state index in [2.05, 4.69) is 52.8 Å². The highest BCUT2D eigenvalue weighted by atomic mass is 19.1. The maximum absolute atomic E-state index is 13.7. The molecular weight excluding hydrogens is 494 g/mol.